The molecule has 1 amide bonds. The highest BCUT2D eigenvalue weighted by atomic mass is 16.6. The number of hydrogen-bond donors (Lipinski definition) is 1. The summed E-state index contributed by atoms with van der Waals surface area (Å²) in [7, 11) is 0. The van der Waals surface area contributed by atoms with Gasteiger partial charge in [-0.2, -0.15) is 0 Å². The predicted molar refractivity (Wildman–Crippen MR) is 115 cm³/mol. The number of nitrogens with zero attached hydrogens (tertiary/aromatic N) is 5. The molecule has 3 heterocycles. The molecule has 0 saturated carbocycles. The third-order valence-corrected chi connectivity index (χ3v) is 5.26. The zero-order valence-electron chi connectivity index (χ0n) is 17.9. The lowest BCUT2D eigenvalue weighted by Crippen LogP contribution is -2.57. The molecule has 0 bridgehead atoms. The molecule has 0 spiro atoms. The summed E-state index contributed by atoms with van der Waals surface area (Å²) in [6.07, 6.45) is 5.35. The first-order chi connectivity index (χ1) is 14.4. The van der Waals surface area contributed by atoms with Crippen molar-refractivity contribution in [2.75, 3.05) is 26.2 Å². The molecule has 1 aromatic carbocycles. The number of guanidine groups is 1. The number of amides is 1. The average Bonchev–Trinajstić information content (AvgIpc) is 3.35. The number of rotatable bonds is 4. The number of carbonyl (C=O) groups is 1. The Bertz CT molecular complexity index is 885. The summed E-state index contributed by atoms with van der Waals surface area (Å²) in [5, 5.41) is 3.47. The second-order valence-corrected chi connectivity index (χ2v) is 8.84. The molecule has 1 saturated heterocycles. The third kappa shape index (κ3) is 4.93. The minimum absolute atomic E-state index is 0.214. The minimum atomic E-state index is -0.471. The van der Waals surface area contributed by atoms with Gasteiger partial charge in [0.05, 0.1) is 18.9 Å². The molecule has 1 fully saturated rings. The maximum atomic E-state index is 12.3. The number of aromatic nitrogens is 2. The molecule has 2 aliphatic heterocycles. The van der Waals surface area contributed by atoms with Crippen LogP contribution >= 0.6 is 0 Å². The average molecular weight is 411 g/mol. The molecule has 1 N–H and O–H groups in total. The normalized spacial score (nSPS) is 18.8. The number of piperazine rings is 1. The number of aliphatic imine (C=N–C) groups is 1. The van der Waals surface area contributed by atoms with E-state index in [1.807, 2.05) is 33.3 Å². The Morgan fingerprint density at radius 2 is 1.97 bits per heavy atom. The van der Waals surface area contributed by atoms with Gasteiger partial charge in [-0.15, -0.1) is 0 Å². The standard InChI is InChI=1S/C22H30N6O2/c1-22(2,3)30-21(29)27-10-11-28-19(15-27)13-25-20(28)24-12-17-4-6-18(7-5-17)14-26-9-8-23-16-26/h4-9,16,19H,10-15H2,1-3H3,(H,24,25). The molecule has 160 valence electrons. The highest BCUT2D eigenvalue weighted by Gasteiger charge is 2.36. The van der Waals surface area contributed by atoms with Gasteiger partial charge in [-0.25, -0.2) is 9.78 Å². The van der Waals surface area contributed by atoms with Gasteiger partial charge in [-0.05, 0) is 31.9 Å². The van der Waals surface area contributed by atoms with Crippen LogP contribution in [0.1, 0.15) is 31.9 Å². The molecular weight excluding hydrogens is 380 g/mol. The van der Waals surface area contributed by atoms with E-state index < -0.39 is 5.60 Å². The second-order valence-electron chi connectivity index (χ2n) is 8.84. The number of nitrogens with one attached hydrogen (secondary N) is 1. The number of carbonyl (C=O) groups excluding carboxylic acids is 1. The van der Waals surface area contributed by atoms with Crippen LogP contribution < -0.4 is 5.32 Å². The van der Waals surface area contributed by atoms with Crippen LogP contribution in [0.5, 0.6) is 0 Å². The summed E-state index contributed by atoms with van der Waals surface area (Å²) in [6.45, 7) is 9.99. The first-order valence-electron chi connectivity index (χ1n) is 10.4. The molecule has 0 aliphatic carbocycles. The van der Waals surface area contributed by atoms with Crippen molar-refractivity contribution >= 4 is 12.1 Å². The van der Waals surface area contributed by atoms with Crippen molar-refractivity contribution in [2.45, 2.75) is 45.5 Å². The number of fused-ring (bicyclic) bond motifs is 1. The Morgan fingerprint density at radius 1 is 1.20 bits per heavy atom. The van der Waals surface area contributed by atoms with E-state index in [4.69, 9.17) is 4.74 Å². The van der Waals surface area contributed by atoms with Crippen LogP contribution in [0.2, 0.25) is 0 Å². The van der Waals surface area contributed by atoms with Gasteiger partial charge >= 0.3 is 6.09 Å². The minimum Gasteiger partial charge on any atom is -0.444 e. The van der Waals surface area contributed by atoms with Crippen LogP contribution in [-0.4, -0.2) is 69.2 Å². The van der Waals surface area contributed by atoms with Crippen molar-refractivity contribution in [3.8, 4) is 0 Å². The van der Waals surface area contributed by atoms with Gasteiger partial charge in [0.1, 0.15) is 5.60 Å². The van der Waals surface area contributed by atoms with Crippen LogP contribution in [0.3, 0.4) is 0 Å². The van der Waals surface area contributed by atoms with Crippen molar-refractivity contribution in [1.29, 1.82) is 0 Å². The maximum Gasteiger partial charge on any atom is 0.410 e. The van der Waals surface area contributed by atoms with Crippen molar-refractivity contribution in [2.24, 2.45) is 4.99 Å². The molecule has 1 unspecified atom stereocenters. The quantitative estimate of drug-likeness (QED) is 0.837. The number of imidazole rings is 1. The summed E-state index contributed by atoms with van der Waals surface area (Å²) in [5.41, 5.74) is 1.98. The fraction of sp³-hybridized carbons (Fsp3) is 0.500. The van der Waals surface area contributed by atoms with E-state index >= 15 is 0 Å². The largest absolute Gasteiger partial charge is 0.444 e. The van der Waals surface area contributed by atoms with Gasteiger partial charge in [0.2, 0.25) is 0 Å². The molecule has 8 heteroatoms. The summed E-state index contributed by atoms with van der Waals surface area (Å²) < 4.78 is 7.56. The van der Waals surface area contributed by atoms with Crippen LogP contribution in [0, 0.1) is 0 Å². The highest BCUT2D eigenvalue weighted by molar-refractivity contribution is 5.82. The lowest BCUT2D eigenvalue weighted by molar-refractivity contribution is 0.0137. The van der Waals surface area contributed by atoms with Crippen LogP contribution in [0.15, 0.2) is 48.0 Å². The highest BCUT2D eigenvalue weighted by Crippen LogP contribution is 2.19. The molecular formula is C22H30N6O2. The Hall–Kier alpha value is -3.03. The van der Waals surface area contributed by atoms with Gasteiger partial charge in [0.15, 0.2) is 5.96 Å². The van der Waals surface area contributed by atoms with E-state index in [9.17, 15) is 4.79 Å². The first kappa shape index (κ1) is 20.3. The predicted octanol–water partition coefficient (Wildman–Crippen LogP) is 2.31. The van der Waals surface area contributed by atoms with Crippen LogP contribution in [0.25, 0.3) is 0 Å². The van der Waals surface area contributed by atoms with Crippen molar-refractivity contribution in [3.05, 3.63) is 54.1 Å². The summed E-state index contributed by atoms with van der Waals surface area (Å²) in [5.74, 6) is 0.923. The van der Waals surface area contributed by atoms with Gasteiger partial charge < -0.3 is 24.4 Å². The molecule has 2 aliphatic rings. The maximum absolute atomic E-state index is 12.3. The smallest absolute Gasteiger partial charge is 0.410 e. The molecule has 8 nitrogen and oxygen atoms in total. The van der Waals surface area contributed by atoms with Gasteiger partial charge in [0.25, 0.3) is 0 Å². The van der Waals surface area contributed by atoms with E-state index in [1.165, 1.54) is 11.1 Å². The van der Waals surface area contributed by atoms with Crippen molar-refractivity contribution in [1.82, 2.24) is 24.7 Å². The topological polar surface area (TPSA) is 75.0 Å². The third-order valence-electron chi connectivity index (χ3n) is 5.26. The number of hydrogen-bond acceptors (Lipinski definition) is 6. The van der Waals surface area contributed by atoms with Gasteiger partial charge in [0, 0.05) is 45.1 Å². The van der Waals surface area contributed by atoms with Crippen molar-refractivity contribution < 1.29 is 9.53 Å². The molecule has 0 radical (unpaired) electrons. The lowest BCUT2D eigenvalue weighted by Gasteiger charge is -2.39. The van der Waals surface area contributed by atoms with E-state index in [2.05, 4.69) is 49.0 Å². The van der Waals surface area contributed by atoms with Crippen LogP contribution in [0.4, 0.5) is 4.79 Å². The Kier molecular flexibility index (Phi) is 5.65. The van der Waals surface area contributed by atoms with Gasteiger partial charge in [-0.1, -0.05) is 24.3 Å². The van der Waals surface area contributed by atoms with Crippen LogP contribution in [-0.2, 0) is 17.8 Å². The molecule has 1 aromatic heterocycles. The summed E-state index contributed by atoms with van der Waals surface area (Å²) in [4.78, 5) is 25.2. The van der Waals surface area contributed by atoms with Gasteiger partial charge in [-0.3, -0.25) is 4.99 Å². The van der Waals surface area contributed by atoms with E-state index in [1.54, 1.807) is 11.1 Å². The molecule has 30 heavy (non-hydrogen) atoms. The Balaban J connectivity index is 1.26. The molecule has 4 rings (SSSR count). The fourth-order valence-corrected chi connectivity index (χ4v) is 3.76. The Labute approximate surface area is 177 Å². The molecule has 1 atom stereocenters. The summed E-state index contributed by atoms with van der Waals surface area (Å²) >= 11 is 0. The van der Waals surface area contributed by atoms with E-state index in [0.717, 1.165) is 25.6 Å². The second kappa shape index (κ2) is 8.38. The summed E-state index contributed by atoms with van der Waals surface area (Å²) in [6, 6.07) is 8.80. The Morgan fingerprint density at radius 3 is 2.67 bits per heavy atom. The zero-order chi connectivity index (χ0) is 21.1. The lowest BCUT2D eigenvalue weighted by atomic mass is 10.1. The van der Waals surface area contributed by atoms with Crippen molar-refractivity contribution in [3.63, 3.8) is 0 Å². The first-order valence-corrected chi connectivity index (χ1v) is 10.4. The SMILES string of the molecule is CC(C)(C)OC(=O)N1CCN2C(NCc3ccc(Cn4ccnc4)cc3)=NCC2C1. The number of benzene rings is 1. The fourth-order valence-electron chi connectivity index (χ4n) is 3.76. The van der Waals surface area contributed by atoms with E-state index in [0.29, 0.717) is 19.6 Å². The monoisotopic (exact) mass is 410 g/mol. The number of ether oxygens (including phenoxy) is 1. The van der Waals surface area contributed by atoms with E-state index in [-0.39, 0.29) is 12.1 Å². The molecule has 2 aromatic rings. The zero-order valence-corrected chi connectivity index (χ0v) is 17.9.